The molecule has 210 valence electrons. The molecule has 4 rings (SSSR count). The smallest absolute Gasteiger partial charge is 0.256 e. The minimum Gasteiger partial charge on any atom is -0.493 e. The number of hydrogen-bond acceptors (Lipinski definition) is 9. The highest BCUT2D eigenvalue weighted by Crippen LogP contribution is 2.34. The molecule has 0 aliphatic heterocycles. The summed E-state index contributed by atoms with van der Waals surface area (Å²) in [5, 5.41) is 19.8. The lowest BCUT2D eigenvalue weighted by atomic mass is 10.0. The van der Waals surface area contributed by atoms with Gasteiger partial charge in [-0.25, -0.2) is 15.0 Å². The van der Waals surface area contributed by atoms with E-state index in [2.05, 4.69) is 44.7 Å². The third-order valence-corrected chi connectivity index (χ3v) is 6.43. The van der Waals surface area contributed by atoms with Gasteiger partial charge in [-0.05, 0) is 69.6 Å². The molecular weight excluding hydrogens is 532 g/mol. The minimum absolute atomic E-state index is 0.129. The summed E-state index contributed by atoms with van der Waals surface area (Å²) in [4.78, 5) is 25.6. The number of nitrogens with one attached hydrogen (secondary N) is 3. The van der Waals surface area contributed by atoms with Crippen LogP contribution in [0.3, 0.4) is 0 Å². The van der Waals surface area contributed by atoms with Gasteiger partial charge in [-0.15, -0.1) is 0 Å². The standard InChI is InChI=1S/C29H33ClN6O4/c1-29(2,10-12-37)34-11-5-13-40-25-16-23-22(15-24(25)39-3)27(33-18-32-23)35-21-8-9-26(31-17-21)36-28(38)19-6-4-7-20(30)14-19/h4,6-9,14-18,34,37H,5,10-13H2,1-3H3,(H,31,36,38)(H,32,33,35). The molecule has 1 amide bonds. The first-order valence-corrected chi connectivity index (χ1v) is 13.3. The normalized spacial score (nSPS) is 11.3. The summed E-state index contributed by atoms with van der Waals surface area (Å²) < 4.78 is 11.6. The molecule has 0 radical (unpaired) electrons. The Labute approximate surface area is 238 Å². The maximum Gasteiger partial charge on any atom is 0.256 e. The summed E-state index contributed by atoms with van der Waals surface area (Å²) in [7, 11) is 1.59. The average molecular weight is 565 g/mol. The topological polar surface area (TPSA) is 131 Å². The van der Waals surface area contributed by atoms with Crippen molar-refractivity contribution in [1.29, 1.82) is 0 Å². The number of carbonyl (C=O) groups excluding carboxylic acids is 1. The summed E-state index contributed by atoms with van der Waals surface area (Å²) in [6, 6.07) is 13.9. The molecule has 4 aromatic rings. The van der Waals surface area contributed by atoms with Gasteiger partial charge in [-0.3, -0.25) is 4.79 Å². The fourth-order valence-corrected chi connectivity index (χ4v) is 4.17. The van der Waals surface area contributed by atoms with E-state index in [9.17, 15) is 4.79 Å². The number of nitrogens with zero attached hydrogens (tertiary/aromatic N) is 3. The number of carbonyl (C=O) groups is 1. The number of aliphatic hydroxyl groups is 1. The SMILES string of the molecule is COc1cc2c(Nc3ccc(NC(=O)c4cccc(Cl)c4)nc3)ncnc2cc1OCCCNC(C)(C)CCO. The van der Waals surface area contributed by atoms with Gasteiger partial charge in [0.1, 0.15) is 18.0 Å². The van der Waals surface area contributed by atoms with Gasteiger partial charge in [-0.1, -0.05) is 17.7 Å². The Kier molecular flexibility index (Phi) is 9.70. The molecule has 10 nitrogen and oxygen atoms in total. The van der Waals surface area contributed by atoms with E-state index in [1.54, 1.807) is 49.7 Å². The molecule has 0 spiro atoms. The number of anilines is 3. The lowest BCUT2D eigenvalue weighted by molar-refractivity contribution is 0.102. The highest BCUT2D eigenvalue weighted by molar-refractivity contribution is 6.31. The molecule has 2 heterocycles. The van der Waals surface area contributed by atoms with Crippen molar-refractivity contribution < 1.29 is 19.4 Å². The number of halogens is 1. The summed E-state index contributed by atoms with van der Waals surface area (Å²) in [5.74, 6) is 1.83. The van der Waals surface area contributed by atoms with E-state index < -0.39 is 0 Å². The quantitative estimate of drug-likeness (QED) is 0.162. The number of hydrogen-bond donors (Lipinski definition) is 4. The number of benzene rings is 2. The van der Waals surface area contributed by atoms with E-state index >= 15 is 0 Å². The van der Waals surface area contributed by atoms with E-state index in [1.807, 2.05) is 12.1 Å². The molecule has 0 fully saturated rings. The van der Waals surface area contributed by atoms with Crippen molar-refractivity contribution in [3.8, 4) is 11.5 Å². The first-order valence-electron chi connectivity index (χ1n) is 12.9. The largest absolute Gasteiger partial charge is 0.493 e. The predicted octanol–water partition coefficient (Wildman–Crippen LogP) is 5.20. The Balaban J connectivity index is 1.41. The zero-order chi connectivity index (χ0) is 28.5. The molecule has 11 heteroatoms. The lowest BCUT2D eigenvalue weighted by Crippen LogP contribution is -2.40. The van der Waals surface area contributed by atoms with Gasteiger partial charge < -0.3 is 30.5 Å². The number of amides is 1. The van der Waals surface area contributed by atoms with E-state index in [1.165, 1.54) is 6.33 Å². The first kappa shape index (κ1) is 29.0. The molecule has 0 unspecified atom stereocenters. The van der Waals surface area contributed by atoms with Gasteiger partial charge in [-0.2, -0.15) is 0 Å². The summed E-state index contributed by atoms with van der Waals surface area (Å²) in [5.41, 5.74) is 1.68. The van der Waals surface area contributed by atoms with Crippen LogP contribution in [-0.2, 0) is 0 Å². The Bertz CT molecular complexity index is 1450. The molecule has 2 aromatic heterocycles. The third kappa shape index (κ3) is 7.78. The molecule has 0 saturated carbocycles. The number of rotatable bonds is 13. The van der Waals surface area contributed by atoms with Gasteiger partial charge in [0.15, 0.2) is 11.5 Å². The van der Waals surface area contributed by atoms with Gasteiger partial charge in [0.05, 0.1) is 31.1 Å². The number of ether oxygens (including phenoxy) is 2. The van der Waals surface area contributed by atoms with Crippen LogP contribution in [0, 0.1) is 0 Å². The molecule has 0 aliphatic rings. The van der Waals surface area contributed by atoms with Crippen molar-refractivity contribution in [3.63, 3.8) is 0 Å². The summed E-state index contributed by atoms with van der Waals surface area (Å²) in [6.07, 6.45) is 4.55. The average Bonchev–Trinajstić information content (AvgIpc) is 2.93. The van der Waals surface area contributed by atoms with E-state index in [-0.39, 0.29) is 18.1 Å². The highest BCUT2D eigenvalue weighted by Gasteiger charge is 2.16. The van der Waals surface area contributed by atoms with Crippen molar-refractivity contribution in [2.24, 2.45) is 0 Å². The number of methoxy groups -OCH3 is 1. The van der Waals surface area contributed by atoms with Crippen LogP contribution in [-0.4, -0.2) is 58.4 Å². The Morgan fingerprint density at radius 3 is 2.65 bits per heavy atom. The zero-order valence-corrected chi connectivity index (χ0v) is 23.5. The second-order valence-corrected chi connectivity index (χ2v) is 10.2. The molecule has 0 atom stereocenters. The van der Waals surface area contributed by atoms with Crippen LogP contribution < -0.4 is 25.4 Å². The van der Waals surface area contributed by atoms with E-state index in [4.69, 9.17) is 26.2 Å². The fraction of sp³-hybridized carbons (Fsp3) is 0.310. The second kappa shape index (κ2) is 13.4. The van der Waals surface area contributed by atoms with Crippen molar-refractivity contribution in [2.45, 2.75) is 32.2 Å². The van der Waals surface area contributed by atoms with Crippen molar-refractivity contribution in [3.05, 3.63) is 71.6 Å². The van der Waals surface area contributed by atoms with E-state index in [0.717, 1.165) is 18.4 Å². The molecule has 40 heavy (non-hydrogen) atoms. The van der Waals surface area contributed by atoms with Crippen LogP contribution in [0.25, 0.3) is 10.9 Å². The molecule has 0 aliphatic carbocycles. The molecule has 0 saturated heterocycles. The van der Waals surface area contributed by atoms with Crippen LogP contribution >= 0.6 is 11.6 Å². The van der Waals surface area contributed by atoms with Crippen LogP contribution in [0.2, 0.25) is 5.02 Å². The Hall–Kier alpha value is -3.99. The van der Waals surface area contributed by atoms with Crippen LogP contribution in [0.4, 0.5) is 17.3 Å². The van der Waals surface area contributed by atoms with E-state index in [0.29, 0.717) is 58.0 Å². The number of aromatic nitrogens is 3. The monoisotopic (exact) mass is 564 g/mol. The van der Waals surface area contributed by atoms with Gasteiger partial charge in [0.25, 0.3) is 5.91 Å². The number of aliphatic hydroxyl groups excluding tert-OH is 1. The van der Waals surface area contributed by atoms with Crippen molar-refractivity contribution in [1.82, 2.24) is 20.3 Å². The minimum atomic E-state index is -0.301. The van der Waals surface area contributed by atoms with Crippen LogP contribution in [0.15, 0.2) is 61.1 Å². The van der Waals surface area contributed by atoms with Crippen molar-refractivity contribution in [2.75, 3.05) is 37.5 Å². The highest BCUT2D eigenvalue weighted by atomic mass is 35.5. The molecule has 4 N–H and O–H groups in total. The van der Waals surface area contributed by atoms with Crippen molar-refractivity contribution >= 4 is 45.7 Å². The molecule has 2 aromatic carbocycles. The third-order valence-electron chi connectivity index (χ3n) is 6.19. The van der Waals surface area contributed by atoms with Gasteiger partial charge in [0.2, 0.25) is 0 Å². The van der Waals surface area contributed by atoms with Gasteiger partial charge >= 0.3 is 0 Å². The zero-order valence-electron chi connectivity index (χ0n) is 22.7. The maximum absolute atomic E-state index is 12.5. The summed E-state index contributed by atoms with van der Waals surface area (Å²) in [6.45, 7) is 5.52. The second-order valence-electron chi connectivity index (χ2n) is 9.75. The first-order chi connectivity index (χ1) is 19.3. The Morgan fingerprint density at radius 1 is 1.07 bits per heavy atom. The fourth-order valence-electron chi connectivity index (χ4n) is 3.98. The van der Waals surface area contributed by atoms with Crippen LogP contribution in [0.1, 0.15) is 37.0 Å². The van der Waals surface area contributed by atoms with Gasteiger partial charge in [0, 0.05) is 34.2 Å². The Morgan fingerprint density at radius 2 is 1.93 bits per heavy atom. The predicted molar refractivity (Wildman–Crippen MR) is 157 cm³/mol. The van der Waals surface area contributed by atoms with Crippen LogP contribution in [0.5, 0.6) is 11.5 Å². The lowest BCUT2D eigenvalue weighted by Gasteiger charge is -2.25. The maximum atomic E-state index is 12.5. The number of pyridine rings is 1. The molecular formula is C29H33ClN6O4. The number of fused-ring (bicyclic) bond motifs is 1. The summed E-state index contributed by atoms with van der Waals surface area (Å²) >= 11 is 5.98. The molecule has 0 bridgehead atoms.